The molecular weight excluding hydrogens is 282 g/mol. The van der Waals surface area contributed by atoms with E-state index in [0.29, 0.717) is 12.1 Å². The molecule has 1 atom stereocenters. The van der Waals surface area contributed by atoms with Gasteiger partial charge >= 0.3 is 0 Å². The Kier molecular flexibility index (Phi) is 3.94. The van der Waals surface area contributed by atoms with Gasteiger partial charge in [0.05, 0.1) is 22.8 Å². The molecule has 2 aromatic heterocycles. The van der Waals surface area contributed by atoms with Crippen molar-refractivity contribution < 1.29 is 5.11 Å². The Bertz CT molecular complexity index is 752. The zero-order valence-electron chi connectivity index (χ0n) is 12.0. The molecule has 3 aromatic rings. The summed E-state index contributed by atoms with van der Waals surface area (Å²) in [7, 11) is 0. The van der Waals surface area contributed by atoms with E-state index in [1.54, 1.807) is 6.20 Å². The molecular formula is C16H17N3OS. The molecule has 21 heavy (non-hydrogen) atoms. The van der Waals surface area contributed by atoms with Crippen LogP contribution in [0.3, 0.4) is 0 Å². The molecule has 4 nitrogen and oxygen atoms in total. The van der Waals surface area contributed by atoms with Gasteiger partial charge in [-0.15, -0.1) is 0 Å². The highest BCUT2D eigenvalue weighted by atomic mass is 32.2. The van der Waals surface area contributed by atoms with Crippen LogP contribution < -0.4 is 0 Å². The van der Waals surface area contributed by atoms with Crippen LogP contribution in [-0.4, -0.2) is 20.1 Å². The molecule has 0 spiro atoms. The van der Waals surface area contributed by atoms with Crippen molar-refractivity contribution in [1.29, 1.82) is 0 Å². The van der Waals surface area contributed by atoms with Gasteiger partial charge in [0.2, 0.25) is 0 Å². The monoisotopic (exact) mass is 299 g/mol. The first-order valence-corrected chi connectivity index (χ1v) is 7.75. The second-order valence-electron chi connectivity index (χ2n) is 5.01. The normalized spacial score (nSPS) is 12.7. The highest BCUT2D eigenvalue weighted by molar-refractivity contribution is 7.99. The van der Waals surface area contributed by atoms with E-state index in [-0.39, 0.29) is 0 Å². The van der Waals surface area contributed by atoms with Gasteiger partial charge in [-0.3, -0.25) is 4.98 Å². The minimum Gasteiger partial charge on any atom is -0.387 e. The van der Waals surface area contributed by atoms with E-state index < -0.39 is 6.10 Å². The van der Waals surface area contributed by atoms with Crippen LogP contribution in [0.1, 0.15) is 30.7 Å². The number of fused-ring (bicyclic) bond motifs is 1. The standard InChI is InChI=1S/C16H17N3OS/c1-3-15(20)13-7-5-11(9-17-13)21-16-18-12-6-4-10(2)8-14(12)19-16/h4-9,15,20H,3H2,1-2H3,(H,18,19)/t15-/m1/s1. The zero-order valence-corrected chi connectivity index (χ0v) is 12.8. The summed E-state index contributed by atoms with van der Waals surface area (Å²) in [6.07, 6.45) is 1.96. The summed E-state index contributed by atoms with van der Waals surface area (Å²) in [5.74, 6) is 0. The van der Waals surface area contributed by atoms with Crippen molar-refractivity contribution >= 4 is 22.8 Å². The largest absolute Gasteiger partial charge is 0.387 e. The van der Waals surface area contributed by atoms with Gasteiger partial charge in [0.15, 0.2) is 5.16 Å². The number of H-pyrrole nitrogens is 1. The average Bonchev–Trinajstić information content (AvgIpc) is 2.88. The van der Waals surface area contributed by atoms with Crippen molar-refractivity contribution in [3.05, 3.63) is 47.8 Å². The molecule has 0 aliphatic carbocycles. The third kappa shape index (κ3) is 3.09. The molecule has 5 heteroatoms. The first-order valence-electron chi connectivity index (χ1n) is 6.94. The summed E-state index contributed by atoms with van der Waals surface area (Å²) < 4.78 is 0. The summed E-state index contributed by atoms with van der Waals surface area (Å²) in [5, 5.41) is 10.6. The fourth-order valence-corrected chi connectivity index (χ4v) is 2.89. The maximum absolute atomic E-state index is 9.74. The summed E-state index contributed by atoms with van der Waals surface area (Å²) >= 11 is 1.54. The number of aromatic amines is 1. The number of nitrogens with one attached hydrogen (secondary N) is 1. The van der Waals surface area contributed by atoms with Crippen molar-refractivity contribution in [3.8, 4) is 0 Å². The summed E-state index contributed by atoms with van der Waals surface area (Å²) in [6.45, 7) is 4.00. The van der Waals surface area contributed by atoms with Crippen LogP contribution in [0.15, 0.2) is 46.6 Å². The molecule has 108 valence electrons. The first-order chi connectivity index (χ1) is 10.2. The molecule has 0 unspecified atom stereocenters. The molecule has 0 fully saturated rings. The fraction of sp³-hybridized carbons (Fsp3) is 0.250. The van der Waals surface area contributed by atoms with Crippen molar-refractivity contribution in [2.24, 2.45) is 0 Å². The van der Waals surface area contributed by atoms with E-state index in [1.807, 2.05) is 25.1 Å². The molecule has 1 aromatic carbocycles. The molecule has 0 saturated carbocycles. The van der Waals surface area contributed by atoms with Gasteiger partial charge in [0.1, 0.15) is 0 Å². The topological polar surface area (TPSA) is 61.8 Å². The van der Waals surface area contributed by atoms with E-state index in [2.05, 4.69) is 34.0 Å². The fourth-order valence-electron chi connectivity index (χ4n) is 2.12. The number of aliphatic hydroxyl groups excluding tert-OH is 1. The lowest BCUT2D eigenvalue weighted by molar-refractivity contribution is 0.169. The van der Waals surface area contributed by atoms with Gasteiger partial charge in [-0.1, -0.05) is 24.8 Å². The van der Waals surface area contributed by atoms with Crippen LogP contribution in [0.25, 0.3) is 11.0 Å². The number of rotatable bonds is 4. The minimum atomic E-state index is -0.488. The number of hydrogen-bond donors (Lipinski definition) is 2. The molecule has 0 saturated heterocycles. The maximum Gasteiger partial charge on any atom is 0.171 e. The number of aliphatic hydroxyl groups is 1. The number of aromatic nitrogens is 3. The molecule has 0 radical (unpaired) electrons. The van der Waals surface area contributed by atoms with Crippen LogP contribution in [0.4, 0.5) is 0 Å². The van der Waals surface area contributed by atoms with Crippen molar-refractivity contribution in [3.63, 3.8) is 0 Å². The number of aryl methyl sites for hydroxylation is 1. The molecule has 2 heterocycles. The van der Waals surface area contributed by atoms with Crippen LogP contribution in [0.5, 0.6) is 0 Å². The number of imidazole rings is 1. The number of nitrogens with zero attached hydrogens (tertiary/aromatic N) is 2. The molecule has 0 bridgehead atoms. The van der Waals surface area contributed by atoms with Crippen LogP contribution in [-0.2, 0) is 0 Å². The predicted octanol–water partition coefficient (Wildman–Crippen LogP) is 3.86. The predicted molar refractivity (Wildman–Crippen MR) is 84.4 cm³/mol. The van der Waals surface area contributed by atoms with Gasteiger partial charge in [-0.25, -0.2) is 4.98 Å². The van der Waals surface area contributed by atoms with Gasteiger partial charge < -0.3 is 10.1 Å². The van der Waals surface area contributed by atoms with Crippen LogP contribution in [0.2, 0.25) is 0 Å². The third-order valence-corrected chi connectivity index (χ3v) is 4.18. The quantitative estimate of drug-likeness (QED) is 0.768. The van der Waals surface area contributed by atoms with Gasteiger partial charge in [-0.2, -0.15) is 0 Å². The van der Waals surface area contributed by atoms with E-state index >= 15 is 0 Å². The second-order valence-corrected chi connectivity index (χ2v) is 6.07. The average molecular weight is 299 g/mol. The van der Waals surface area contributed by atoms with Crippen LogP contribution in [0, 0.1) is 6.92 Å². The smallest absolute Gasteiger partial charge is 0.171 e. The Morgan fingerprint density at radius 3 is 2.86 bits per heavy atom. The molecule has 0 amide bonds. The Hall–Kier alpha value is -1.85. The Balaban J connectivity index is 1.81. The second kappa shape index (κ2) is 5.87. The Morgan fingerprint density at radius 2 is 2.14 bits per heavy atom. The third-order valence-electron chi connectivity index (χ3n) is 3.32. The summed E-state index contributed by atoms with van der Waals surface area (Å²) in [6, 6.07) is 9.99. The van der Waals surface area contributed by atoms with E-state index in [1.165, 1.54) is 17.3 Å². The van der Waals surface area contributed by atoms with Crippen molar-refractivity contribution in [1.82, 2.24) is 15.0 Å². The number of hydrogen-bond acceptors (Lipinski definition) is 4. The SMILES string of the molecule is CC[C@@H](O)c1ccc(Sc2nc3ccc(C)cc3[nH]2)cn1. The highest BCUT2D eigenvalue weighted by Gasteiger charge is 2.08. The van der Waals surface area contributed by atoms with Gasteiger partial charge in [0, 0.05) is 11.1 Å². The van der Waals surface area contributed by atoms with Gasteiger partial charge in [-0.05, 0) is 43.2 Å². The van der Waals surface area contributed by atoms with Crippen molar-refractivity contribution in [2.75, 3.05) is 0 Å². The first kappa shape index (κ1) is 14.1. The molecule has 0 aliphatic heterocycles. The maximum atomic E-state index is 9.74. The molecule has 0 aliphatic rings. The lowest BCUT2D eigenvalue weighted by atomic mass is 10.2. The van der Waals surface area contributed by atoms with E-state index in [4.69, 9.17) is 0 Å². The van der Waals surface area contributed by atoms with E-state index in [0.717, 1.165) is 21.1 Å². The van der Waals surface area contributed by atoms with Crippen molar-refractivity contribution in [2.45, 2.75) is 36.4 Å². The Labute approximate surface area is 127 Å². The molecule has 3 rings (SSSR count). The van der Waals surface area contributed by atoms with Crippen LogP contribution >= 0.6 is 11.8 Å². The van der Waals surface area contributed by atoms with E-state index in [9.17, 15) is 5.11 Å². The summed E-state index contributed by atoms with van der Waals surface area (Å²) in [4.78, 5) is 13.2. The Morgan fingerprint density at radius 1 is 1.29 bits per heavy atom. The number of benzene rings is 1. The lowest BCUT2D eigenvalue weighted by Gasteiger charge is -2.06. The van der Waals surface area contributed by atoms with Gasteiger partial charge in [0.25, 0.3) is 0 Å². The lowest BCUT2D eigenvalue weighted by Crippen LogP contribution is -1.97. The molecule has 2 N–H and O–H groups in total. The number of pyridine rings is 1. The summed E-state index contributed by atoms with van der Waals surface area (Å²) in [5.41, 5.74) is 3.93. The highest BCUT2D eigenvalue weighted by Crippen LogP contribution is 2.27. The minimum absolute atomic E-state index is 0.488. The zero-order chi connectivity index (χ0) is 14.8.